The van der Waals surface area contributed by atoms with Gasteiger partial charge in [0.05, 0.1) is 16.1 Å². The first-order chi connectivity index (χ1) is 13.6. The molecule has 2 N–H and O–H groups in total. The van der Waals surface area contributed by atoms with E-state index in [0.29, 0.717) is 16.6 Å². The van der Waals surface area contributed by atoms with Gasteiger partial charge < -0.3 is 10.4 Å². The summed E-state index contributed by atoms with van der Waals surface area (Å²) in [6, 6.07) is 6.99. The number of carboxylic acid groups (broad SMARTS) is 1. The Bertz CT molecular complexity index is 1090. The van der Waals surface area contributed by atoms with Gasteiger partial charge >= 0.3 is 5.97 Å². The molecule has 0 bridgehead atoms. The Morgan fingerprint density at radius 1 is 1.21 bits per heavy atom. The molecule has 1 unspecified atom stereocenters. The van der Waals surface area contributed by atoms with E-state index in [1.807, 2.05) is 0 Å². The summed E-state index contributed by atoms with van der Waals surface area (Å²) in [7, 11) is 0. The lowest BCUT2D eigenvalue weighted by Gasteiger charge is -2.27. The van der Waals surface area contributed by atoms with Crippen molar-refractivity contribution in [3.8, 4) is 0 Å². The molecular weight excluding hydrogens is 457 g/mol. The number of carboxylic acids is 1. The minimum atomic E-state index is -1.45. The molecule has 0 amide bonds. The molecule has 6 nitrogen and oxygen atoms in total. The van der Waals surface area contributed by atoms with Crippen LogP contribution in [0, 0.1) is 27.6 Å². The summed E-state index contributed by atoms with van der Waals surface area (Å²) in [5.41, 5.74) is -2.37. The number of rotatable bonds is 4. The van der Waals surface area contributed by atoms with Gasteiger partial charge in [-0.15, -0.1) is 0 Å². The lowest BCUT2D eigenvalue weighted by Crippen LogP contribution is -2.32. The van der Waals surface area contributed by atoms with Gasteiger partial charge in [0.25, 0.3) is 5.70 Å². The molecule has 2 aromatic rings. The molecule has 29 heavy (non-hydrogen) atoms. The van der Waals surface area contributed by atoms with E-state index in [9.17, 15) is 33.2 Å². The van der Waals surface area contributed by atoms with Crippen molar-refractivity contribution in [2.45, 2.75) is 12.8 Å². The fourth-order valence-electron chi connectivity index (χ4n) is 3.28. The molecule has 10 heteroatoms. The summed E-state index contributed by atoms with van der Waals surface area (Å²) in [6.07, 6.45) is 0. The Hall–Kier alpha value is -3.14. The minimum Gasteiger partial charge on any atom is -0.478 e. The van der Waals surface area contributed by atoms with Crippen molar-refractivity contribution in [2.24, 2.45) is 0 Å². The van der Waals surface area contributed by atoms with Gasteiger partial charge in [-0.25, -0.2) is 18.0 Å². The second-order valence-corrected chi connectivity index (χ2v) is 7.04. The second kappa shape index (κ2) is 7.70. The highest BCUT2D eigenvalue weighted by Gasteiger charge is 2.43. The van der Waals surface area contributed by atoms with E-state index < -0.39 is 51.2 Å². The molecule has 0 spiro atoms. The molecule has 150 valence electrons. The van der Waals surface area contributed by atoms with Crippen molar-refractivity contribution in [3.63, 3.8) is 0 Å². The zero-order valence-electron chi connectivity index (χ0n) is 14.7. The molecule has 1 aliphatic heterocycles. The SMILES string of the molecule is CC1=C(C(=O)O)C(c2ccccc2Br)C([N+](=O)[O-])=C(c2c(F)cc(F)cc2F)N1. The molecule has 1 heterocycles. The Kier molecular flexibility index (Phi) is 5.47. The topological polar surface area (TPSA) is 92.5 Å². The van der Waals surface area contributed by atoms with Crippen molar-refractivity contribution in [1.82, 2.24) is 5.32 Å². The van der Waals surface area contributed by atoms with Crippen LogP contribution in [0.5, 0.6) is 0 Å². The van der Waals surface area contributed by atoms with Crippen LogP contribution in [0.15, 0.2) is 57.8 Å². The van der Waals surface area contributed by atoms with Crippen LogP contribution in [-0.2, 0) is 4.79 Å². The summed E-state index contributed by atoms with van der Waals surface area (Å²) in [4.78, 5) is 23.0. The average molecular weight is 469 g/mol. The highest BCUT2D eigenvalue weighted by atomic mass is 79.9. The summed E-state index contributed by atoms with van der Waals surface area (Å²) >= 11 is 3.24. The Balaban J connectivity index is 2.41. The van der Waals surface area contributed by atoms with E-state index in [2.05, 4.69) is 21.2 Å². The second-order valence-electron chi connectivity index (χ2n) is 6.19. The lowest BCUT2D eigenvalue weighted by atomic mass is 9.83. The fraction of sp³-hybridized carbons (Fsp3) is 0.105. The smallest absolute Gasteiger partial charge is 0.334 e. The number of nitrogens with one attached hydrogen (secondary N) is 1. The monoisotopic (exact) mass is 468 g/mol. The molecule has 2 aromatic carbocycles. The molecular formula is C19H12BrF3N2O4. The number of allylic oxidation sites excluding steroid dienone is 2. The first kappa shape index (κ1) is 20.6. The van der Waals surface area contributed by atoms with Gasteiger partial charge in [-0.1, -0.05) is 34.1 Å². The first-order valence-electron chi connectivity index (χ1n) is 8.12. The number of carbonyl (C=O) groups is 1. The summed E-state index contributed by atoms with van der Waals surface area (Å²) in [5.74, 6) is -6.79. The molecule has 3 rings (SSSR count). The first-order valence-corrected chi connectivity index (χ1v) is 8.91. The maximum atomic E-state index is 14.4. The quantitative estimate of drug-likeness (QED) is 0.506. The van der Waals surface area contributed by atoms with Crippen LogP contribution in [0.1, 0.15) is 24.0 Å². The average Bonchev–Trinajstić information content (AvgIpc) is 2.60. The third-order valence-corrected chi connectivity index (χ3v) is 5.16. The number of halogens is 4. The van der Waals surface area contributed by atoms with Crippen LogP contribution in [0.2, 0.25) is 0 Å². The number of nitro groups is 1. The van der Waals surface area contributed by atoms with Crippen LogP contribution in [0.3, 0.4) is 0 Å². The molecule has 1 atom stereocenters. The van der Waals surface area contributed by atoms with Gasteiger partial charge in [0.15, 0.2) is 0 Å². The van der Waals surface area contributed by atoms with Crippen molar-refractivity contribution >= 4 is 27.6 Å². The number of aliphatic carboxylic acids is 1. The summed E-state index contributed by atoms with van der Waals surface area (Å²) in [6.45, 7) is 1.32. The maximum Gasteiger partial charge on any atom is 0.334 e. The Morgan fingerprint density at radius 2 is 1.79 bits per heavy atom. The number of nitrogens with zero attached hydrogens (tertiary/aromatic N) is 1. The van der Waals surface area contributed by atoms with Crippen LogP contribution >= 0.6 is 15.9 Å². The van der Waals surface area contributed by atoms with E-state index in [4.69, 9.17) is 0 Å². The normalized spacial score (nSPS) is 16.7. The highest BCUT2D eigenvalue weighted by molar-refractivity contribution is 9.10. The lowest BCUT2D eigenvalue weighted by molar-refractivity contribution is -0.428. The molecule has 0 aliphatic carbocycles. The van der Waals surface area contributed by atoms with Gasteiger partial charge in [0.2, 0.25) is 0 Å². The summed E-state index contributed by atoms with van der Waals surface area (Å²) < 4.78 is 42.5. The highest BCUT2D eigenvalue weighted by Crippen LogP contribution is 2.43. The zero-order chi connectivity index (χ0) is 21.5. The van der Waals surface area contributed by atoms with Crippen molar-refractivity contribution in [3.05, 3.63) is 96.5 Å². The van der Waals surface area contributed by atoms with Crippen molar-refractivity contribution in [1.29, 1.82) is 0 Å². The van der Waals surface area contributed by atoms with E-state index in [1.165, 1.54) is 13.0 Å². The van der Waals surface area contributed by atoms with Gasteiger partial charge in [-0.3, -0.25) is 10.1 Å². The van der Waals surface area contributed by atoms with Crippen LogP contribution in [0.25, 0.3) is 5.70 Å². The Morgan fingerprint density at radius 3 is 2.31 bits per heavy atom. The predicted molar refractivity (Wildman–Crippen MR) is 101 cm³/mol. The molecule has 0 aromatic heterocycles. The largest absolute Gasteiger partial charge is 0.478 e. The van der Waals surface area contributed by atoms with Crippen molar-refractivity contribution < 1.29 is 28.0 Å². The third kappa shape index (κ3) is 3.63. The van der Waals surface area contributed by atoms with Gasteiger partial charge in [-0.05, 0) is 18.6 Å². The van der Waals surface area contributed by atoms with Crippen LogP contribution in [-0.4, -0.2) is 16.0 Å². The van der Waals surface area contributed by atoms with Gasteiger partial charge in [-0.2, -0.15) is 0 Å². The zero-order valence-corrected chi connectivity index (χ0v) is 16.3. The number of benzene rings is 2. The molecule has 0 saturated carbocycles. The molecule has 0 fully saturated rings. The van der Waals surface area contributed by atoms with Gasteiger partial charge in [0.1, 0.15) is 29.1 Å². The maximum absolute atomic E-state index is 14.4. The Labute approximate surface area is 170 Å². The van der Waals surface area contributed by atoms with Crippen LogP contribution in [0.4, 0.5) is 13.2 Å². The number of dihydropyridines is 1. The number of hydrogen-bond acceptors (Lipinski definition) is 4. The number of hydrogen-bond donors (Lipinski definition) is 2. The molecule has 0 saturated heterocycles. The summed E-state index contributed by atoms with van der Waals surface area (Å²) in [5, 5.41) is 24.1. The van der Waals surface area contributed by atoms with E-state index in [0.717, 1.165) is 0 Å². The predicted octanol–water partition coefficient (Wildman–Crippen LogP) is 4.56. The third-order valence-electron chi connectivity index (χ3n) is 4.43. The molecule has 1 aliphatic rings. The van der Waals surface area contributed by atoms with E-state index in [-0.39, 0.29) is 16.8 Å². The molecule has 0 radical (unpaired) electrons. The fourth-order valence-corrected chi connectivity index (χ4v) is 3.79. The van der Waals surface area contributed by atoms with Gasteiger partial charge in [0, 0.05) is 22.3 Å². The van der Waals surface area contributed by atoms with Crippen LogP contribution < -0.4 is 5.32 Å². The standard InChI is InChI=1S/C19H12BrF3N2O4/c1-8-14(19(26)27)15(10-4-2-3-5-11(10)20)18(25(28)29)17(24-8)16-12(22)6-9(21)7-13(16)23/h2-7,15,24H,1H3,(H,26,27). The van der Waals surface area contributed by atoms with E-state index in [1.54, 1.807) is 18.2 Å². The van der Waals surface area contributed by atoms with E-state index >= 15 is 0 Å². The van der Waals surface area contributed by atoms with Crippen molar-refractivity contribution in [2.75, 3.05) is 0 Å². The minimum absolute atomic E-state index is 0.0398.